The largest absolute Gasteiger partial charge is 0.326 e. The van der Waals surface area contributed by atoms with E-state index in [1.54, 1.807) is 0 Å². The van der Waals surface area contributed by atoms with Crippen LogP contribution in [0.1, 0.15) is 43.7 Å². The van der Waals surface area contributed by atoms with Gasteiger partial charge in [0.05, 0.1) is 5.52 Å². The molecule has 1 fully saturated rings. The lowest BCUT2D eigenvalue weighted by Crippen LogP contribution is -2.20. The van der Waals surface area contributed by atoms with Gasteiger partial charge in [0.2, 0.25) is 5.91 Å². The number of nitrogens with one attached hydrogen (secondary N) is 2. The Morgan fingerprint density at radius 1 is 1.32 bits per heavy atom. The summed E-state index contributed by atoms with van der Waals surface area (Å²) in [5.41, 5.74) is 3.35. The Morgan fingerprint density at radius 3 is 2.73 bits per heavy atom. The molecule has 0 saturated heterocycles. The Labute approximate surface area is 129 Å². The van der Waals surface area contributed by atoms with Gasteiger partial charge < -0.3 is 10.3 Å². The molecule has 0 atom stereocenters. The summed E-state index contributed by atoms with van der Waals surface area (Å²) in [4.78, 5) is 27.2. The minimum absolute atomic E-state index is 0.0354. The molecule has 2 aromatic rings. The highest BCUT2D eigenvalue weighted by Crippen LogP contribution is 2.27. The molecule has 4 nitrogen and oxygen atoms in total. The van der Waals surface area contributed by atoms with Gasteiger partial charge in [0.15, 0.2) is 0 Å². The number of amides is 1. The lowest BCUT2D eigenvalue weighted by atomic mass is 10.0. The molecule has 22 heavy (non-hydrogen) atoms. The molecular weight excluding hydrogens is 276 g/mol. The van der Waals surface area contributed by atoms with Gasteiger partial charge in [-0.1, -0.05) is 25.8 Å². The first-order valence-corrected chi connectivity index (χ1v) is 8.06. The van der Waals surface area contributed by atoms with Gasteiger partial charge in [-0.05, 0) is 43.9 Å². The number of aromatic amines is 1. The van der Waals surface area contributed by atoms with Gasteiger partial charge >= 0.3 is 0 Å². The van der Waals surface area contributed by atoms with E-state index in [4.69, 9.17) is 0 Å². The van der Waals surface area contributed by atoms with Crippen molar-refractivity contribution in [2.24, 2.45) is 5.92 Å². The van der Waals surface area contributed by atoms with Gasteiger partial charge in [0.1, 0.15) is 0 Å². The summed E-state index contributed by atoms with van der Waals surface area (Å²) in [5.74, 6) is 0.236. The molecule has 4 heteroatoms. The third-order valence-electron chi connectivity index (χ3n) is 4.75. The summed E-state index contributed by atoms with van der Waals surface area (Å²) in [5, 5.41) is 4.02. The molecule has 1 aliphatic carbocycles. The molecule has 1 aliphatic rings. The molecule has 0 bridgehead atoms. The normalized spacial score (nSPS) is 15.4. The van der Waals surface area contributed by atoms with Crippen molar-refractivity contribution in [1.82, 2.24) is 4.98 Å². The van der Waals surface area contributed by atoms with Gasteiger partial charge in [-0.3, -0.25) is 9.59 Å². The van der Waals surface area contributed by atoms with Crippen LogP contribution in [-0.4, -0.2) is 10.9 Å². The molecule has 3 rings (SSSR count). The lowest BCUT2D eigenvalue weighted by Gasteiger charge is -2.12. The molecule has 0 unspecified atom stereocenters. The fourth-order valence-corrected chi connectivity index (χ4v) is 3.44. The van der Waals surface area contributed by atoms with Gasteiger partial charge in [0.25, 0.3) is 5.56 Å². The second-order valence-corrected chi connectivity index (χ2v) is 6.14. The van der Waals surface area contributed by atoms with Crippen molar-refractivity contribution in [3.8, 4) is 0 Å². The van der Waals surface area contributed by atoms with Crippen molar-refractivity contribution in [3.63, 3.8) is 0 Å². The van der Waals surface area contributed by atoms with Crippen molar-refractivity contribution in [2.45, 2.75) is 46.0 Å². The van der Waals surface area contributed by atoms with E-state index in [1.807, 2.05) is 32.0 Å². The average molecular weight is 298 g/mol. The van der Waals surface area contributed by atoms with E-state index in [0.29, 0.717) is 0 Å². The van der Waals surface area contributed by atoms with E-state index >= 15 is 0 Å². The molecule has 0 radical (unpaired) electrons. The Bertz CT molecular complexity index is 770. The predicted octanol–water partition coefficient (Wildman–Crippen LogP) is 3.53. The predicted molar refractivity (Wildman–Crippen MR) is 89.3 cm³/mol. The maximum atomic E-state index is 12.2. The van der Waals surface area contributed by atoms with Crippen LogP contribution in [0.2, 0.25) is 0 Å². The summed E-state index contributed by atoms with van der Waals surface area (Å²) >= 11 is 0. The molecular formula is C18H22N2O2. The maximum Gasteiger partial charge on any atom is 0.251 e. The molecule has 2 N–H and O–H groups in total. The minimum Gasteiger partial charge on any atom is -0.326 e. The number of hydrogen-bond donors (Lipinski definition) is 2. The van der Waals surface area contributed by atoms with E-state index in [1.165, 1.54) is 0 Å². The first kappa shape index (κ1) is 14.8. The molecule has 1 heterocycles. The monoisotopic (exact) mass is 298 g/mol. The molecule has 1 aromatic carbocycles. The van der Waals surface area contributed by atoms with Crippen molar-refractivity contribution in [2.75, 3.05) is 5.32 Å². The Kier molecular flexibility index (Phi) is 4.01. The van der Waals surface area contributed by atoms with Crippen LogP contribution < -0.4 is 10.9 Å². The number of fused-ring (bicyclic) bond motifs is 1. The van der Waals surface area contributed by atoms with E-state index in [9.17, 15) is 9.59 Å². The molecule has 1 amide bonds. The number of rotatable bonds is 3. The number of benzene rings is 1. The molecule has 1 saturated carbocycles. The first-order chi connectivity index (χ1) is 10.6. The first-order valence-electron chi connectivity index (χ1n) is 8.06. The fraction of sp³-hybridized carbons (Fsp3) is 0.444. The van der Waals surface area contributed by atoms with Crippen molar-refractivity contribution in [3.05, 3.63) is 39.7 Å². The van der Waals surface area contributed by atoms with Gasteiger partial charge in [-0.2, -0.15) is 0 Å². The number of aromatic nitrogens is 1. The van der Waals surface area contributed by atoms with Crippen molar-refractivity contribution in [1.29, 1.82) is 0 Å². The highest BCUT2D eigenvalue weighted by molar-refractivity contribution is 5.95. The molecule has 116 valence electrons. The Hall–Kier alpha value is -2.10. The zero-order valence-corrected chi connectivity index (χ0v) is 13.2. The molecule has 0 aliphatic heterocycles. The summed E-state index contributed by atoms with van der Waals surface area (Å²) < 4.78 is 0. The zero-order chi connectivity index (χ0) is 15.7. The number of hydrogen-bond acceptors (Lipinski definition) is 2. The van der Waals surface area contributed by atoms with Crippen LogP contribution >= 0.6 is 0 Å². The topological polar surface area (TPSA) is 62.0 Å². The van der Waals surface area contributed by atoms with Crippen LogP contribution in [-0.2, 0) is 11.2 Å². The van der Waals surface area contributed by atoms with E-state index in [2.05, 4.69) is 10.3 Å². The number of pyridine rings is 1. The highest BCUT2D eigenvalue weighted by Gasteiger charge is 2.22. The second-order valence-electron chi connectivity index (χ2n) is 6.14. The number of aryl methyl sites for hydroxylation is 1. The van der Waals surface area contributed by atoms with E-state index in [-0.39, 0.29) is 17.4 Å². The number of anilines is 1. The number of carbonyl (C=O) groups excluding carboxylic acids is 1. The van der Waals surface area contributed by atoms with Crippen LogP contribution in [0.3, 0.4) is 0 Å². The third-order valence-corrected chi connectivity index (χ3v) is 4.75. The number of H-pyrrole nitrogens is 1. The fourth-order valence-electron chi connectivity index (χ4n) is 3.44. The van der Waals surface area contributed by atoms with Crippen molar-refractivity contribution >= 4 is 22.5 Å². The number of carbonyl (C=O) groups is 1. The van der Waals surface area contributed by atoms with Crippen molar-refractivity contribution < 1.29 is 4.79 Å². The average Bonchev–Trinajstić information content (AvgIpc) is 3.01. The summed E-state index contributed by atoms with van der Waals surface area (Å²) in [6.45, 7) is 3.97. The molecule has 1 aromatic heterocycles. The summed E-state index contributed by atoms with van der Waals surface area (Å²) in [7, 11) is 0. The van der Waals surface area contributed by atoms with Crippen LogP contribution in [0.15, 0.2) is 23.0 Å². The SMILES string of the molecule is CCc1c(C)c2ccc(NC(=O)C3CCCC3)cc2[nH]c1=O. The van der Waals surface area contributed by atoms with Crippen LogP contribution in [0.4, 0.5) is 5.69 Å². The second kappa shape index (κ2) is 5.95. The highest BCUT2D eigenvalue weighted by atomic mass is 16.2. The Balaban J connectivity index is 1.93. The zero-order valence-electron chi connectivity index (χ0n) is 13.2. The van der Waals surface area contributed by atoms with Gasteiger partial charge in [0, 0.05) is 22.6 Å². The Morgan fingerprint density at radius 2 is 2.05 bits per heavy atom. The smallest absolute Gasteiger partial charge is 0.251 e. The van der Waals surface area contributed by atoms with Crippen LogP contribution in [0.25, 0.3) is 10.9 Å². The standard InChI is InChI=1S/C18H22N2O2/c1-3-14-11(2)15-9-8-13(10-16(15)20-18(14)22)19-17(21)12-6-4-5-7-12/h8-10,12H,3-7H2,1-2H3,(H,19,21)(H,20,22). The summed E-state index contributed by atoms with van der Waals surface area (Å²) in [6, 6.07) is 5.75. The van der Waals surface area contributed by atoms with Gasteiger partial charge in [-0.15, -0.1) is 0 Å². The summed E-state index contributed by atoms with van der Waals surface area (Å²) in [6.07, 6.45) is 4.96. The van der Waals surface area contributed by atoms with E-state index in [0.717, 1.165) is 59.8 Å². The van der Waals surface area contributed by atoms with Gasteiger partial charge in [-0.25, -0.2) is 0 Å². The quantitative estimate of drug-likeness (QED) is 0.910. The lowest BCUT2D eigenvalue weighted by molar-refractivity contribution is -0.119. The third kappa shape index (κ3) is 2.65. The maximum absolute atomic E-state index is 12.2. The van der Waals surface area contributed by atoms with Crippen LogP contribution in [0, 0.1) is 12.8 Å². The van der Waals surface area contributed by atoms with E-state index < -0.39 is 0 Å². The van der Waals surface area contributed by atoms with Crippen LogP contribution in [0.5, 0.6) is 0 Å². The molecule has 0 spiro atoms. The minimum atomic E-state index is -0.0354.